The molecular weight excluding hydrogens is 210 g/mol. The summed E-state index contributed by atoms with van der Waals surface area (Å²) in [6, 6.07) is 9.86. The molecule has 2 nitrogen and oxygen atoms in total. The highest BCUT2D eigenvalue weighted by Gasteiger charge is 2.49. The van der Waals surface area contributed by atoms with E-state index in [4.69, 9.17) is 0 Å². The van der Waals surface area contributed by atoms with E-state index in [2.05, 4.69) is 29.2 Å². The summed E-state index contributed by atoms with van der Waals surface area (Å²) in [5, 5.41) is 10.4. The summed E-state index contributed by atoms with van der Waals surface area (Å²) < 4.78 is 0. The lowest BCUT2D eigenvalue weighted by Crippen LogP contribution is -2.56. The van der Waals surface area contributed by atoms with Crippen molar-refractivity contribution in [2.45, 2.75) is 49.8 Å². The van der Waals surface area contributed by atoms with Gasteiger partial charge >= 0.3 is 0 Å². The van der Waals surface area contributed by atoms with Crippen LogP contribution in [0.1, 0.15) is 48.8 Å². The van der Waals surface area contributed by atoms with Crippen LogP contribution in [-0.2, 0) is 0 Å². The van der Waals surface area contributed by atoms with Gasteiger partial charge in [-0.15, -0.1) is 0 Å². The molecule has 0 amide bonds. The molecule has 1 N–H and O–H groups in total. The molecule has 3 aliphatic heterocycles. The van der Waals surface area contributed by atoms with E-state index in [1.807, 2.05) is 0 Å². The first-order valence-electron chi connectivity index (χ1n) is 6.89. The minimum Gasteiger partial charge on any atom is -0.392 e. The molecule has 3 heterocycles. The van der Waals surface area contributed by atoms with E-state index in [0.29, 0.717) is 18.0 Å². The molecule has 4 aliphatic rings. The van der Waals surface area contributed by atoms with Crippen molar-refractivity contribution in [1.82, 2.24) is 4.90 Å². The van der Waals surface area contributed by atoms with Crippen LogP contribution >= 0.6 is 0 Å². The van der Waals surface area contributed by atoms with Crippen LogP contribution in [0.2, 0.25) is 0 Å². The normalized spacial score (nSPS) is 39.8. The number of piperidine rings is 2. The number of hydrogen-bond acceptors (Lipinski definition) is 2. The average molecular weight is 229 g/mol. The molecule has 90 valence electrons. The van der Waals surface area contributed by atoms with Gasteiger partial charge in [-0.3, -0.25) is 4.90 Å². The summed E-state index contributed by atoms with van der Waals surface area (Å²) >= 11 is 0. The van der Waals surface area contributed by atoms with Gasteiger partial charge in [0.25, 0.3) is 0 Å². The number of aliphatic hydroxyl groups is 1. The van der Waals surface area contributed by atoms with E-state index in [1.165, 1.54) is 36.9 Å². The van der Waals surface area contributed by atoms with Crippen LogP contribution in [0.4, 0.5) is 0 Å². The Bertz CT molecular complexity index is 444. The summed E-state index contributed by atoms with van der Waals surface area (Å²) in [5.74, 6) is 0.372. The van der Waals surface area contributed by atoms with Crippen molar-refractivity contribution in [3.05, 3.63) is 35.4 Å². The molecule has 2 bridgehead atoms. The standard InChI is InChI=1S/C15H19NO/c17-14-9-13-10-5-1-2-6-11(10)15(14)12-7-3-4-8-16(12)13/h1-2,5-6,12-15,17H,3-4,7-9H2. The molecule has 0 saturated carbocycles. The number of benzene rings is 1. The highest BCUT2D eigenvalue weighted by atomic mass is 16.3. The van der Waals surface area contributed by atoms with Crippen LogP contribution in [0.5, 0.6) is 0 Å². The number of aliphatic hydroxyl groups excluding tert-OH is 1. The smallest absolute Gasteiger partial charge is 0.0642 e. The molecule has 5 rings (SSSR count). The lowest BCUT2D eigenvalue weighted by atomic mass is 9.67. The maximum atomic E-state index is 10.4. The molecule has 0 aromatic heterocycles. The zero-order valence-corrected chi connectivity index (χ0v) is 10.0. The van der Waals surface area contributed by atoms with Crippen LogP contribution in [0.25, 0.3) is 0 Å². The minimum atomic E-state index is -0.116. The Morgan fingerprint density at radius 3 is 2.82 bits per heavy atom. The fourth-order valence-corrected chi connectivity index (χ4v) is 4.36. The zero-order chi connectivity index (χ0) is 11.4. The fraction of sp³-hybridized carbons (Fsp3) is 0.600. The molecule has 17 heavy (non-hydrogen) atoms. The third-order valence-electron chi connectivity index (χ3n) is 5.00. The number of fused-ring (bicyclic) bond motifs is 1. The van der Waals surface area contributed by atoms with Gasteiger partial charge in [0.05, 0.1) is 6.10 Å². The summed E-state index contributed by atoms with van der Waals surface area (Å²) in [6.45, 7) is 1.23. The lowest BCUT2D eigenvalue weighted by molar-refractivity contribution is -0.0521. The van der Waals surface area contributed by atoms with Gasteiger partial charge in [0, 0.05) is 18.0 Å². The number of rotatable bonds is 0. The molecule has 4 atom stereocenters. The van der Waals surface area contributed by atoms with Gasteiger partial charge in [0.15, 0.2) is 0 Å². The van der Waals surface area contributed by atoms with Gasteiger partial charge in [-0.05, 0) is 36.9 Å². The molecule has 1 aromatic rings. The van der Waals surface area contributed by atoms with Crippen LogP contribution < -0.4 is 0 Å². The second-order valence-electron chi connectivity index (χ2n) is 5.77. The Balaban J connectivity index is 1.86. The van der Waals surface area contributed by atoms with Crippen LogP contribution in [0, 0.1) is 0 Å². The van der Waals surface area contributed by atoms with E-state index < -0.39 is 0 Å². The van der Waals surface area contributed by atoms with E-state index in [-0.39, 0.29) is 6.10 Å². The van der Waals surface area contributed by atoms with Crippen molar-refractivity contribution in [3.63, 3.8) is 0 Å². The van der Waals surface area contributed by atoms with Crippen LogP contribution in [0.3, 0.4) is 0 Å². The van der Waals surface area contributed by atoms with Gasteiger partial charge < -0.3 is 5.11 Å². The Morgan fingerprint density at radius 1 is 1.12 bits per heavy atom. The Labute approximate surface area is 102 Å². The second-order valence-corrected chi connectivity index (χ2v) is 5.77. The van der Waals surface area contributed by atoms with Crippen LogP contribution in [0.15, 0.2) is 24.3 Å². The Morgan fingerprint density at radius 2 is 1.94 bits per heavy atom. The predicted molar refractivity (Wildman–Crippen MR) is 66.9 cm³/mol. The largest absolute Gasteiger partial charge is 0.392 e. The summed E-state index contributed by atoms with van der Waals surface area (Å²) in [7, 11) is 0. The minimum absolute atomic E-state index is 0.116. The van der Waals surface area contributed by atoms with E-state index in [0.717, 1.165) is 6.42 Å². The molecule has 1 aromatic carbocycles. The molecule has 2 heteroatoms. The lowest BCUT2D eigenvalue weighted by Gasteiger charge is -2.56. The molecule has 4 unspecified atom stereocenters. The van der Waals surface area contributed by atoms with E-state index in [1.54, 1.807) is 0 Å². The summed E-state index contributed by atoms with van der Waals surface area (Å²) in [5.41, 5.74) is 2.92. The maximum Gasteiger partial charge on any atom is 0.0642 e. The van der Waals surface area contributed by atoms with Crippen molar-refractivity contribution < 1.29 is 5.11 Å². The van der Waals surface area contributed by atoms with Gasteiger partial charge in [-0.25, -0.2) is 0 Å². The molecule has 1 aliphatic carbocycles. The van der Waals surface area contributed by atoms with Gasteiger partial charge in [0.2, 0.25) is 0 Å². The number of nitrogens with zero attached hydrogens (tertiary/aromatic N) is 1. The molecule has 0 spiro atoms. The van der Waals surface area contributed by atoms with Gasteiger partial charge in [-0.1, -0.05) is 30.7 Å². The first kappa shape index (κ1) is 10.1. The zero-order valence-electron chi connectivity index (χ0n) is 10.0. The average Bonchev–Trinajstić information content (AvgIpc) is 2.39. The van der Waals surface area contributed by atoms with Crippen molar-refractivity contribution >= 4 is 0 Å². The summed E-state index contributed by atoms with van der Waals surface area (Å²) in [6.07, 6.45) is 4.76. The second kappa shape index (κ2) is 3.56. The Kier molecular flexibility index (Phi) is 2.12. The van der Waals surface area contributed by atoms with Crippen LogP contribution in [-0.4, -0.2) is 28.7 Å². The molecule has 2 fully saturated rings. The molecule has 2 saturated heterocycles. The van der Waals surface area contributed by atoms with Crippen molar-refractivity contribution in [2.24, 2.45) is 0 Å². The Hall–Kier alpha value is -0.860. The topological polar surface area (TPSA) is 23.5 Å². The quantitative estimate of drug-likeness (QED) is 0.738. The first-order chi connectivity index (χ1) is 8.36. The van der Waals surface area contributed by atoms with Crippen molar-refractivity contribution in [2.75, 3.05) is 6.54 Å². The van der Waals surface area contributed by atoms with Gasteiger partial charge in [-0.2, -0.15) is 0 Å². The molecule has 0 radical (unpaired) electrons. The predicted octanol–water partition coefficient (Wildman–Crippen LogP) is 2.44. The van der Waals surface area contributed by atoms with Crippen molar-refractivity contribution in [3.8, 4) is 0 Å². The van der Waals surface area contributed by atoms with E-state index >= 15 is 0 Å². The maximum absolute atomic E-state index is 10.4. The van der Waals surface area contributed by atoms with Gasteiger partial charge in [0.1, 0.15) is 0 Å². The fourth-order valence-electron chi connectivity index (χ4n) is 4.36. The third-order valence-corrected chi connectivity index (χ3v) is 5.00. The highest BCUT2D eigenvalue weighted by Crippen LogP contribution is 2.52. The monoisotopic (exact) mass is 229 g/mol. The highest BCUT2D eigenvalue weighted by molar-refractivity contribution is 5.41. The third kappa shape index (κ3) is 1.28. The molecular formula is C15H19NO. The SMILES string of the molecule is OC1CC2c3ccccc3C1C1CCCCN21. The van der Waals surface area contributed by atoms with E-state index in [9.17, 15) is 5.11 Å². The number of hydrogen-bond donors (Lipinski definition) is 1. The van der Waals surface area contributed by atoms with Crippen molar-refractivity contribution in [1.29, 1.82) is 0 Å². The summed E-state index contributed by atoms with van der Waals surface area (Å²) in [4.78, 5) is 2.67. The first-order valence-corrected chi connectivity index (χ1v) is 6.89.